The van der Waals surface area contributed by atoms with E-state index >= 15 is 0 Å². The van der Waals surface area contributed by atoms with E-state index in [1.807, 2.05) is 18.7 Å². The Morgan fingerprint density at radius 3 is 2.13 bits per heavy atom. The highest BCUT2D eigenvalue weighted by molar-refractivity contribution is 5.92. The van der Waals surface area contributed by atoms with Crippen LogP contribution in [-0.4, -0.2) is 79.9 Å². The zero-order valence-corrected chi connectivity index (χ0v) is 28.7. The number of amides is 4. The van der Waals surface area contributed by atoms with Gasteiger partial charge in [0.25, 0.3) is 0 Å². The maximum absolute atomic E-state index is 13.4. The van der Waals surface area contributed by atoms with Gasteiger partial charge < -0.3 is 31.2 Å². The molecule has 1 fully saturated rings. The number of esters is 1. The fourth-order valence-electron chi connectivity index (χ4n) is 4.29. The fourth-order valence-corrected chi connectivity index (χ4v) is 4.29. The number of ether oxygens (including phenoxy) is 2. The highest BCUT2D eigenvalue weighted by atomic mass is 16.5. The zero-order valence-electron chi connectivity index (χ0n) is 28.7. The standard InChI is InChI=1S/C30H46N4O6.C3H8.CH3NO/c1-6-8-9-10-26(35)32-25(29(37)33-28(22(5)7-2)30(38)31-21(3)4)19-23-11-13-24(14-12-23)40-27(36)20-34-15-17-39-18-16-34;1-3-2;2-1-3/h11-14,22,25,28H,3,6-10,15-20H2,1-2,4-5H3,(H,31,38)(H,32,35)(H,33,37);3H2,1-2H3;1H,(H2,2,3). The molecule has 3 atom stereocenters. The number of hydrogen-bond donors (Lipinski definition) is 4. The molecule has 260 valence electrons. The van der Waals surface area contributed by atoms with Gasteiger partial charge in [-0.2, -0.15) is 0 Å². The molecule has 5 N–H and O–H groups in total. The number of nitrogens with zero attached hydrogens (tertiary/aromatic N) is 1. The summed E-state index contributed by atoms with van der Waals surface area (Å²) in [4.78, 5) is 61.8. The third-order valence-electron chi connectivity index (χ3n) is 6.84. The second-order valence-electron chi connectivity index (χ2n) is 11.3. The monoisotopic (exact) mass is 647 g/mol. The van der Waals surface area contributed by atoms with Gasteiger partial charge in [0.2, 0.25) is 24.1 Å². The molecule has 0 radical (unpaired) electrons. The minimum absolute atomic E-state index is 0.129. The lowest BCUT2D eigenvalue weighted by molar-refractivity contribution is -0.136. The molecule has 0 bridgehead atoms. The van der Waals surface area contributed by atoms with Gasteiger partial charge in [0.05, 0.1) is 19.8 Å². The highest BCUT2D eigenvalue weighted by Crippen LogP contribution is 2.16. The van der Waals surface area contributed by atoms with Gasteiger partial charge in [-0.25, -0.2) is 0 Å². The normalized spacial score (nSPS) is 14.4. The van der Waals surface area contributed by atoms with E-state index in [2.05, 4.69) is 49.0 Å². The molecule has 0 aliphatic carbocycles. The predicted octanol–water partition coefficient (Wildman–Crippen LogP) is 3.23. The lowest BCUT2D eigenvalue weighted by Crippen LogP contribution is -2.56. The number of carbonyl (C=O) groups is 5. The SMILES string of the molecule is C=C(C)NC(=O)C(NC(=O)C(Cc1ccc(OC(=O)CN2CCOCC2)cc1)NC(=O)CCCCC)C(C)CC.CCC.NC=O. The van der Waals surface area contributed by atoms with E-state index in [4.69, 9.17) is 14.3 Å². The lowest BCUT2D eigenvalue weighted by atomic mass is 9.97. The Morgan fingerprint density at radius 1 is 1.02 bits per heavy atom. The first-order valence-electron chi connectivity index (χ1n) is 16.3. The first-order chi connectivity index (χ1) is 21.9. The van der Waals surface area contributed by atoms with Crippen LogP contribution in [0.4, 0.5) is 0 Å². The van der Waals surface area contributed by atoms with Crippen molar-refractivity contribution in [3.8, 4) is 5.75 Å². The van der Waals surface area contributed by atoms with Crippen molar-refractivity contribution in [1.29, 1.82) is 0 Å². The van der Waals surface area contributed by atoms with Gasteiger partial charge in [-0.1, -0.05) is 79.0 Å². The molecule has 0 saturated carbocycles. The molecule has 3 unspecified atom stereocenters. The number of allylic oxidation sites excluding steroid dienone is 1. The summed E-state index contributed by atoms with van der Waals surface area (Å²) in [7, 11) is 0. The number of unbranched alkanes of at least 4 members (excludes halogenated alkanes) is 2. The van der Waals surface area contributed by atoms with Crippen LogP contribution in [0.25, 0.3) is 0 Å². The van der Waals surface area contributed by atoms with E-state index in [-0.39, 0.29) is 43.1 Å². The molecule has 0 aromatic heterocycles. The largest absolute Gasteiger partial charge is 0.426 e. The number of hydrogen-bond acceptors (Lipinski definition) is 8. The molecule has 12 nitrogen and oxygen atoms in total. The third kappa shape index (κ3) is 18.9. The van der Waals surface area contributed by atoms with Crippen molar-refractivity contribution in [2.45, 2.75) is 98.6 Å². The van der Waals surface area contributed by atoms with E-state index in [0.29, 0.717) is 50.6 Å². The number of nitrogens with one attached hydrogen (secondary N) is 3. The van der Waals surface area contributed by atoms with Crippen molar-refractivity contribution in [2.75, 3.05) is 32.8 Å². The van der Waals surface area contributed by atoms with E-state index < -0.39 is 18.0 Å². The molecule has 4 amide bonds. The fraction of sp³-hybridized carbons (Fsp3) is 0.618. The summed E-state index contributed by atoms with van der Waals surface area (Å²) in [6.45, 7) is 18.3. The van der Waals surface area contributed by atoms with Crippen molar-refractivity contribution in [3.63, 3.8) is 0 Å². The molecular weight excluding hydrogens is 590 g/mol. The first-order valence-corrected chi connectivity index (χ1v) is 16.3. The van der Waals surface area contributed by atoms with Crippen molar-refractivity contribution in [3.05, 3.63) is 42.1 Å². The van der Waals surface area contributed by atoms with E-state index in [1.165, 1.54) is 6.42 Å². The average Bonchev–Trinajstić information content (AvgIpc) is 3.01. The minimum Gasteiger partial charge on any atom is -0.426 e. The summed E-state index contributed by atoms with van der Waals surface area (Å²) in [5, 5.41) is 8.40. The smallest absolute Gasteiger partial charge is 0.325 e. The van der Waals surface area contributed by atoms with Crippen LogP contribution in [0.5, 0.6) is 5.75 Å². The second kappa shape index (κ2) is 25.4. The van der Waals surface area contributed by atoms with Crippen molar-refractivity contribution in [2.24, 2.45) is 11.7 Å². The van der Waals surface area contributed by atoms with Gasteiger partial charge in [-0.3, -0.25) is 28.9 Å². The summed E-state index contributed by atoms with van der Waals surface area (Å²) < 4.78 is 10.8. The van der Waals surface area contributed by atoms with Crippen LogP contribution in [0.15, 0.2) is 36.5 Å². The quantitative estimate of drug-likeness (QED) is 0.0918. The van der Waals surface area contributed by atoms with E-state index in [1.54, 1.807) is 31.2 Å². The van der Waals surface area contributed by atoms with Crippen LogP contribution in [0, 0.1) is 5.92 Å². The highest BCUT2D eigenvalue weighted by Gasteiger charge is 2.30. The summed E-state index contributed by atoms with van der Waals surface area (Å²) in [5.74, 6) is -1.07. The molecule has 1 aromatic carbocycles. The van der Waals surface area contributed by atoms with Crippen molar-refractivity contribution < 1.29 is 33.4 Å². The molecule has 12 heteroatoms. The number of carbonyl (C=O) groups excluding carboxylic acids is 5. The van der Waals surface area contributed by atoms with Crippen LogP contribution in [0.2, 0.25) is 0 Å². The van der Waals surface area contributed by atoms with Gasteiger partial charge in [0.15, 0.2) is 0 Å². The van der Waals surface area contributed by atoms with Crippen LogP contribution in [0.3, 0.4) is 0 Å². The van der Waals surface area contributed by atoms with Crippen LogP contribution < -0.4 is 26.4 Å². The maximum Gasteiger partial charge on any atom is 0.325 e. The summed E-state index contributed by atoms with van der Waals surface area (Å²) in [6.07, 6.45) is 5.34. The van der Waals surface area contributed by atoms with E-state index in [0.717, 1.165) is 24.8 Å². The summed E-state index contributed by atoms with van der Waals surface area (Å²) in [6, 6.07) is 5.22. The van der Waals surface area contributed by atoms with Gasteiger partial charge in [-0.15, -0.1) is 0 Å². The Hall–Kier alpha value is -3.77. The summed E-state index contributed by atoms with van der Waals surface area (Å²) in [5.41, 5.74) is 5.42. The van der Waals surface area contributed by atoms with Crippen LogP contribution in [-0.2, 0) is 35.1 Å². The molecule has 1 aliphatic heterocycles. The molecule has 1 aromatic rings. The van der Waals surface area contributed by atoms with Gasteiger partial charge in [0, 0.05) is 31.6 Å². The second-order valence-corrected chi connectivity index (χ2v) is 11.3. The number of morpholine rings is 1. The molecule has 2 rings (SSSR count). The molecule has 46 heavy (non-hydrogen) atoms. The molecule has 1 aliphatic rings. The van der Waals surface area contributed by atoms with Gasteiger partial charge >= 0.3 is 5.97 Å². The molecule has 1 heterocycles. The van der Waals surface area contributed by atoms with Crippen molar-refractivity contribution in [1.82, 2.24) is 20.9 Å². The van der Waals surface area contributed by atoms with Crippen LogP contribution in [0.1, 0.15) is 85.6 Å². The Morgan fingerprint density at radius 2 is 1.61 bits per heavy atom. The molecule has 0 spiro atoms. The van der Waals surface area contributed by atoms with Crippen LogP contribution >= 0.6 is 0 Å². The molecule has 1 saturated heterocycles. The number of nitrogens with two attached hydrogens (primary N) is 1. The predicted molar refractivity (Wildman–Crippen MR) is 180 cm³/mol. The maximum atomic E-state index is 13.4. The number of primary amides is 1. The van der Waals surface area contributed by atoms with Gasteiger partial charge in [-0.05, 0) is 37.0 Å². The zero-order chi connectivity index (χ0) is 34.9. The Kier molecular flexibility index (Phi) is 23.3. The Balaban J connectivity index is 0.00000312. The topological polar surface area (TPSA) is 169 Å². The number of rotatable bonds is 16. The average molecular weight is 648 g/mol. The van der Waals surface area contributed by atoms with E-state index in [9.17, 15) is 19.2 Å². The molecular formula is C34H57N5O7. The summed E-state index contributed by atoms with van der Waals surface area (Å²) >= 11 is 0. The lowest BCUT2D eigenvalue weighted by Gasteiger charge is -2.26. The minimum atomic E-state index is -0.881. The Bertz CT molecular complexity index is 1060. The Labute approximate surface area is 275 Å². The van der Waals surface area contributed by atoms with Crippen molar-refractivity contribution >= 4 is 30.1 Å². The number of benzene rings is 1. The first kappa shape index (κ1) is 42.2. The third-order valence-corrected chi connectivity index (χ3v) is 6.84. The van der Waals surface area contributed by atoms with Gasteiger partial charge in [0.1, 0.15) is 17.8 Å².